The van der Waals surface area contributed by atoms with Crippen LogP contribution in [0, 0.1) is 13.8 Å². The Bertz CT molecular complexity index is 1410. The molecule has 216 valence electrons. The molecule has 0 aliphatic carbocycles. The van der Waals surface area contributed by atoms with Crippen molar-refractivity contribution in [3.05, 3.63) is 69.1 Å². The summed E-state index contributed by atoms with van der Waals surface area (Å²) in [7, 11) is 2.41. The monoisotopic (exact) mass is 640 g/mol. The van der Waals surface area contributed by atoms with Crippen LogP contribution in [-0.2, 0) is 5.67 Å². The molecular weight excluding hydrogens is 621 g/mol. The molecule has 0 aliphatic rings. The summed E-state index contributed by atoms with van der Waals surface area (Å²) in [5.41, 5.74) is -8.34. The number of methoxy groups -OCH3 is 2. The van der Waals surface area contributed by atoms with E-state index in [9.17, 15) is 40.3 Å². The maximum atomic E-state index is 14.6. The van der Waals surface area contributed by atoms with E-state index in [4.69, 9.17) is 13.9 Å². The van der Waals surface area contributed by atoms with Crippen molar-refractivity contribution < 1.29 is 54.2 Å². The highest BCUT2D eigenvalue weighted by atomic mass is 79.9. The molecule has 0 fully saturated rings. The Kier molecular flexibility index (Phi) is 8.48. The number of halogens is 8. The van der Waals surface area contributed by atoms with Crippen LogP contribution in [0.5, 0.6) is 11.5 Å². The van der Waals surface area contributed by atoms with E-state index in [1.54, 1.807) is 0 Å². The SMILES string of the molecule is COc1ccc(NC(=O)c2ccc(Br)o2)c(OC)c1C(=O)Nc1c(C)cc(C(F)(C(F)(F)F)C(F)(F)F)cc1C. The van der Waals surface area contributed by atoms with E-state index < -0.39 is 35.4 Å². The van der Waals surface area contributed by atoms with Crippen molar-refractivity contribution in [2.45, 2.75) is 31.9 Å². The number of benzene rings is 2. The molecule has 0 bridgehead atoms. The van der Waals surface area contributed by atoms with Crippen LogP contribution in [-0.4, -0.2) is 38.4 Å². The Morgan fingerprint density at radius 1 is 0.825 bits per heavy atom. The second-order valence-corrected chi connectivity index (χ2v) is 9.16. The number of hydrogen-bond donors (Lipinski definition) is 2. The van der Waals surface area contributed by atoms with Crippen LogP contribution in [0.15, 0.2) is 45.5 Å². The summed E-state index contributed by atoms with van der Waals surface area (Å²) < 4.78 is 110. The zero-order chi connectivity index (χ0) is 30.2. The van der Waals surface area contributed by atoms with E-state index in [0.29, 0.717) is 12.1 Å². The minimum Gasteiger partial charge on any atom is -0.496 e. The number of hydrogen-bond acceptors (Lipinski definition) is 5. The minimum absolute atomic E-state index is 0.00679. The van der Waals surface area contributed by atoms with Crippen molar-refractivity contribution in [2.24, 2.45) is 0 Å². The first-order valence-corrected chi connectivity index (χ1v) is 11.8. The third kappa shape index (κ3) is 5.60. The lowest BCUT2D eigenvalue weighted by molar-refractivity contribution is -0.348. The number of carbonyl (C=O) groups excluding carboxylic acids is 2. The molecule has 15 heteroatoms. The molecule has 2 aromatic carbocycles. The molecule has 0 unspecified atom stereocenters. The van der Waals surface area contributed by atoms with E-state index in [1.807, 2.05) is 0 Å². The van der Waals surface area contributed by atoms with Crippen molar-refractivity contribution in [3.63, 3.8) is 0 Å². The van der Waals surface area contributed by atoms with Crippen LogP contribution >= 0.6 is 15.9 Å². The average molecular weight is 641 g/mol. The first kappa shape index (κ1) is 30.8. The number of rotatable bonds is 7. The summed E-state index contributed by atoms with van der Waals surface area (Å²) in [6, 6.07) is 6.25. The molecule has 3 aromatic rings. The van der Waals surface area contributed by atoms with E-state index in [1.165, 1.54) is 38.5 Å². The fourth-order valence-electron chi connectivity index (χ4n) is 3.90. The van der Waals surface area contributed by atoms with Gasteiger partial charge in [0, 0.05) is 11.3 Å². The first-order valence-electron chi connectivity index (χ1n) is 11.0. The van der Waals surface area contributed by atoms with Gasteiger partial charge in [0.25, 0.3) is 11.8 Å². The van der Waals surface area contributed by atoms with Gasteiger partial charge in [-0.1, -0.05) is 12.1 Å². The quantitative estimate of drug-likeness (QED) is 0.262. The molecule has 7 nitrogen and oxygen atoms in total. The van der Waals surface area contributed by atoms with Gasteiger partial charge in [0.05, 0.1) is 19.9 Å². The van der Waals surface area contributed by atoms with Crippen molar-refractivity contribution >= 4 is 39.1 Å². The topological polar surface area (TPSA) is 89.8 Å². The molecule has 0 saturated heterocycles. The fourth-order valence-corrected chi connectivity index (χ4v) is 4.21. The first-order chi connectivity index (χ1) is 18.5. The van der Waals surface area contributed by atoms with Crippen LogP contribution in [0.25, 0.3) is 0 Å². The molecule has 2 N–H and O–H groups in total. The average Bonchev–Trinajstić information content (AvgIpc) is 3.30. The van der Waals surface area contributed by atoms with Crippen molar-refractivity contribution in [2.75, 3.05) is 24.9 Å². The standard InChI is InChI=1S/C25H20BrF7N2O5/c1-11-9-13(23(27,24(28,29)30)25(31,32)33)10-12(2)19(11)35-22(37)18-15(38-3)6-5-14(20(18)39-4)34-21(36)16-7-8-17(26)40-16/h5-10H,1-4H3,(H,34,36)(H,35,37). The van der Waals surface area contributed by atoms with Crippen molar-refractivity contribution in [1.29, 1.82) is 0 Å². The lowest BCUT2D eigenvalue weighted by Crippen LogP contribution is -2.50. The highest BCUT2D eigenvalue weighted by Gasteiger charge is 2.73. The Balaban J connectivity index is 2.04. The molecule has 0 atom stereocenters. The third-order valence-electron chi connectivity index (χ3n) is 5.77. The van der Waals surface area contributed by atoms with Gasteiger partial charge in [-0.05, 0) is 65.2 Å². The molecule has 0 aliphatic heterocycles. The number of alkyl halides is 7. The summed E-state index contributed by atoms with van der Waals surface area (Å²) in [6.07, 6.45) is -12.6. The van der Waals surface area contributed by atoms with E-state index in [0.717, 1.165) is 13.8 Å². The third-order valence-corrected chi connectivity index (χ3v) is 6.19. The van der Waals surface area contributed by atoms with Gasteiger partial charge in [0.2, 0.25) is 0 Å². The fraction of sp³-hybridized carbons (Fsp3) is 0.280. The molecule has 0 spiro atoms. The second kappa shape index (κ2) is 11.0. The number of carbonyl (C=O) groups is 2. The maximum absolute atomic E-state index is 14.6. The number of aryl methyl sites for hydroxylation is 2. The summed E-state index contributed by atoms with van der Waals surface area (Å²) >= 11 is 3.07. The normalized spacial score (nSPS) is 12.2. The van der Waals surface area contributed by atoms with Crippen LogP contribution in [0.4, 0.5) is 42.1 Å². The molecule has 3 rings (SSSR count). The van der Waals surface area contributed by atoms with Gasteiger partial charge in [-0.2, -0.15) is 26.3 Å². The zero-order valence-corrected chi connectivity index (χ0v) is 22.6. The van der Waals surface area contributed by atoms with E-state index in [2.05, 4.69) is 26.6 Å². The zero-order valence-electron chi connectivity index (χ0n) is 21.0. The van der Waals surface area contributed by atoms with Crippen molar-refractivity contribution in [1.82, 2.24) is 0 Å². The smallest absolute Gasteiger partial charge is 0.435 e. The van der Waals surface area contributed by atoms with Crippen LogP contribution in [0.1, 0.15) is 37.6 Å². The predicted octanol–water partition coefficient (Wildman–Crippen LogP) is 7.47. The van der Waals surface area contributed by atoms with Crippen LogP contribution < -0.4 is 20.1 Å². The maximum Gasteiger partial charge on any atom is 0.435 e. The number of ether oxygens (including phenoxy) is 2. The highest BCUT2D eigenvalue weighted by Crippen LogP contribution is 2.54. The number of furan rings is 1. The molecule has 0 saturated carbocycles. The Morgan fingerprint density at radius 3 is 1.85 bits per heavy atom. The molecule has 1 heterocycles. The van der Waals surface area contributed by atoms with Gasteiger partial charge in [-0.25, -0.2) is 4.39 Å². The molecule has 2 amide bonds. The summed E-state index contributed by atoms with van der Waals surface area (Å²) in [6.45, 7) is 2.21. The molecule has 1 aromatic heterocycles. The Hall–Kier alpha value is -3.75. The van der Waals surface area contributed by atoms with Crippen LogP contribution in [0.3, 0.4) is 0 Å². The van der Waals surface area contributed by atoms with Gasteiger partial charge in [-0.3, -0.25) is 9.59 Å². The summed E-state index contributed by atoms with van der Waals surface area (Å²) in [5, 5.41) is 4.90. The van der Waals surface area contributed by atoms with Gasteiger partial charge >= 0.3 is 18.0 Å². The lowest BCUT2D eigenvalue weighted by Gasteiger charge is -2.31. The molecular formula is C25H20BrF7N2O5. The molecule has 40 heavy (non-hydrogen) atoms. The lowest BCUT2D eigenvalue weighted by atomic mass is 9.90. The second-order valence-electron chi connectivity index (χ2n) is 8.37. The number of anilines is 2. The molecule has 0 radical (unpaired) electrons. The minimum atomic E-state index is -6.30. The van der Waals surface area contributed by atoms with Crippen LogP contribution in [0.2, 0.25) is 0 Å². The number of amides is 2. The Morgan fingerprint density at radius 2 is 1.40 bits per heavy atom. The van der Waals surface area contributed by atoms with E-state index >= 15 is 0 Å². The number of nitrogens with one attached hydrogen (secondary N) is 2. The van der Waals surface area contributed by atoms with Gasteiger partial charge in [0.15, 0.2) is 16.2 Å². The van der Waals surface area contributed by atoms with Gasteiger partial charge < -0.3 is 24.5 Å². The summed E-state index contributed by atoms with van der Waals surface area (Å²) in [5.74, 6) is -1.96. The largest absolute Gasteiger partial charge is 0.496 e. The predicted molar refractivity (Wildman–Crippen MR) is 133 cm³/mol. The van der Waals surface area contributed by atoms with Gasteiger partial charge in [-0.15, -0.1) is 0 Å². The van der Waals surface area contributed by atoms with Gasteiger partial charge in [0.1, 0.15) is 11.3 Å². The van der Waals surface area contributed by atoms with Crippen molar-refractivity contribution in [3.8, 4) is 11.5 Å². The van der Waals surface area contributed by atoms with E-state index in [-0.39, 0.29) is 50.0 Å². The Labute approximate surface area is 230 Å². The summed E-state index contributed by atoms with van der Waals surface area (Å²) in [4.78, 5) is 25.9. The highest BCUT2D eigenvalue weighted by molar-refractivity contribution is 9.10.